The third-order valence-electron chi connectivity index (χ3n) is 4.56. The van der Waals surface area contributed by atoms with Crippen molar-refractivity contribution in [3.63, 3.8) is 0 Å². The number of furan rings is 1. The van der Waals surface area contributed by atoms with Gasteiger partial charge in [0.15, 0.2) is 5.76 Å². The zero-order chi connectivity index (χ0) is 19.6. The first-order chi connectivity index (χ1) is 13.7. The van der Waals surface area contributed by atoms with Crippen LogP contribution in [0.25, 0.3) is 6.08 Å². The smallest absolute Gasteiger partial charge is 0.317 e. The topological polar surface area (TPSA) is 77.8 Å². The molecule has 7 heteroatoms. The van der Waals surface area contributed by atoms with Crippen molar-refractivity contribution >= 4 is 18.0 Å². The highest BCUT2D eigenvalue weighted by Crippen LogP contribution is 2.05. The molecule has 1 aliphatic heterocycles. The van der Waals surface area contributed by atoms with Crippen LogP contribution in [0.4, 0.5) is 4.79 Å². The highest BCUT2D eigenvalue weighted by atomic mass is 16.3. The molecule has 1 aromatic carbocycles. The Kier molecular flexibility index (Phi) is 7.26. The van der Waals surface area contributed by atoms with Gasteiger partial charge in [0.05, 0.1) is 6.26 Å². The Morgan fingerprint density at radius 2 is 1.71 bits per heavy atom. The molecule has 3 amide bonds. The van der Waals surface area contributed by atoms with Gasteiger partial charge in [0.1, 0.15) is 0 Å². The summed E-state index contributed by atoms with van der Waals surface area (Å²) < 4.78 is 5.01. The highest BCUT2D eigenvalue weighted by Gasteiger charge is 2.20. The molecule has 0 aliphatic carbocycles. The minimum absolute atomic E-state index is 0.0910. The quantitative estimate of drug-likeness (QED) is 0.719. The van der Waals surface area contributed by atoms with Gasteiger partial charge < -0.3 is 20.0 Å². The molecule has 2 aromatic rings. The predicted octanol–water partition coefficient (Wildman–Crippen LogP) is 2.05. The maximum atomic E-state index is 12.2. The summed E-state index contributed by atoms with van der Waals surface area (Å²) in [6.07, 6.45) is 5.73. The van der Waals surface area contributed by atoms with Gasteiger partial charge in [-0.2, -0.15) is 0 Å². The van der Waals surface area contributed by atoms with E-state index >= 15 is 0 Å². The van der Waals surface area contributed by atoms with Crippen LogP contribution in [0, 0.1) is 0 Å². The molecular weight excluding hydrogens is 356 g/mol. The summed E-state index contributed by atoms with van der Waals surface area (Å²) in [6, 6.07) is 13.4. The molecule has 2 heterocycles. The van der Waals surface area contributed by atoms with Crippen LogP contribution >= 0.6 is 0 Å². The Morgan fingerprint density at radius 1 is 0.964 bits per heavy atom. The van der Waals surface area contributed by atoms with Crippen molar-refractivity contribution in [3.05, 3.63) is 66.1 Å². The number of benzene rings is 1. The van der Waals surface area contributed by atoms with E-state index in [1.807, 2.05) is 23.1 Å². The van der Waals surface area contributed by atoms with E-state index < -0.39 is 0 Å². The molecule has 1 aromatic heterocycles. The molecule has 0 atom stereocenters. The van der Waals surface area contributed by atoms with Gasteiger partial charge in [-0.1, -0.05) is 42.5 Å². The number of hydrogen-bond acceptors (Lipinski definition) is 4. The second kappa shape index (κ2) is 10.3. The molecular formula is C21H26N4O3. The molecule has 0 spiro atoms. The van der Waals surface area contributed by atoms with Crippen LogP contribution in [-0.4, -0.2) is 67.6 Å². The number of hydrogen-bond donors (Lipinski definition) is 2. The normalized spacial score (nSPS) is 14.9. The lowest BCUT2D eigenvalue weighted by molar-refractivity contribution is 0.0925. The van der Waals surface area contributed by atoms with Gasteiger partial charge in [-0.05, 0) is 17.7 Å². The first-order valence-corrected chi connectivity index (χ1v) is 9.51. The van der Waals surface area contributed by atoms with E-state index in [-0.39, 0.29) is 17.7 Å². The second-order valence-electron chi connectivity index (χ2n) is 6.57. The fraction of sp³-hybridized carbons (Fsp3) is 0.333. The van der Waals surface area contributed by atoms with E-state index in [0.717, 1.165) is 19.6 Å². The van der Waals surface area contributed by atoms with Gasteiger partial charge in [-0.15, -0.1) is 0 Å². The number of carbonyl (C=O) groups excluding carboxylic acids is 2. The monoisotopic (exact) mass is 382 g/mol. The van der Waals surface area contributed by atoms with Crippen molar-refractivity contribution in [1.82, 2.24) is 20.4 Å². The first kappa shape index (κ1) is 19.7. The average Bonchev–Trinajstić information content (AvgIpc) is 3.27. The number of rotatable bonds is 7. The molecule has 0 unspecified atom stereocenters. The number of piperazine rings is 1. The zero-order valence-electron chi connectivity index (χ0n) is 15.8. The van der Waals surface area contributed by atoms with Gasteiger partial charge in [-0.3, -0.25) is 9.69 Å². The van der Waals surface area contributed by atoms with Crippen molar-refractivity contribution < 1.29 is 14.0 Å². The standard InChI is InChI=1S/C21H26N4O3/c26-20(19-9-5-17-28-19)22-10-11-23-21(27)25-15-13-24(14-16-25)12-4-8-18-6-2-1-3-7-18/h1-9,17H,10-16H2,(H,22,26)(H,23,27)/b8-4+. The van der Waals surface area contributed by atoms with Crippen molar-refractivity contribution in [2.24, 2.45) is 0 Å². The Labute approximate surface area is 165 Å². The largest absolute Gasteiger partial charge is 0.459 e. The van der Waals surface area contributed by atoms with Crippen LogP contribution in [0.2, 0.25) is 0 Å². The molecule has 28 heavy (non-hydrogen) atoms. The van der Waals surface area contributed by atoms with E-state index in [9.17, 15) is 9.59 Å². The van der Waals surface area contributed by atoms with Crippen molar-refractivity contribution in [3.8, 4) is 0 Å². The van der Waals surface area contributed by atoms with Gasteiger partial charge >= 0.3 is 6.03 Å². The van der Waals surface area contributed by atoms with Crippen molar-refractivity contribution in [1.29, 1.82) is 0 Å². The summed E-state index contributed by atoms with van der Waals surface area (Å²) >= 11 is 0. The molecule has 1 fully saturated rings. The zero-order valence-corrected chi connectivity index (χ0v) is 15.8. The SMILES string of the molecule is O=C(NCCNC(=O)N1CCN(C/C=C/c2ccccc2)CC1)c1ccco1. The summed E-state index contributed by atoms with van der Waals surface area (Å²) in [5, 5.41) is 5.55. The fourth-order valence-corrected chi connectivity index (χ4v) is 2.99. The van der Waals surface area contributed by atoms with Gasteiger partial charge in [-0.25, -0.2) is 4.79 Å². The molecule has 0 saturated carbocycles. The maximum Gasteiger partial charge on any atom is 0.317 e. The minimum atomic E-state index is -0.281. The average molecular weight is 382 g/mol. The molecule has 3 rings (SSSR count). The van der Waals surface area contributed by atoms with Crippen LogP contribution < -0.4 is 10.6 Å². The first-order valence-electron chi connectivity index (χ1n) is 9.51. The van der Waals surface area contributed by atoms with Gasteiger partial charge in [0.2, 0.25) is 0 Å². The van der Waals surface area contributed by atoms with Gasteiger partial charge in [0.25, 0.3) is 5.91 Å². The molecule has 2 N–H and O–H groups in total. The van der Waals surface area contributed by atoms with Crippen LogP contribution in [0.15, 0.2) is 59.2 Å². The minimum Gasteiger partial charge on any atom is -0.459 e. The third kappa shape index (κ3) is 5.99. The Bertz CT molecular complexity index is 766. The van der Waals surface area contributed by atoms with E-state index in [2.05, 4.69) is 39.8 Å². The van der Waals surface area contributed by atoms with Crippen LogP contribution in [0.1, 0.15) is 16.1 Å². The van der Waals surface area contributed by atoms with E-state index in [4.69, 9.17) is 4.42 Å². The van der Waals surface area contributed by atoms with Crippen molar-refractivity contribution in [2.45, 2.75) is 0 Å². The maximum absolute atomic E-state index is 12.2. The Hall–Kier alpha value is -3.06. The lowest BCUT2D eigenvalue weighted by atomic mass is 10.2. The van der Waals surface area contributed by atoms with E-state index in [1.165, 1.54) is 11.8 Å². The Morgan fingerprint density at radius 3 is 2.43 bits per heavy atom. The number of amides is 3. The molecule has 148 valence electrons. The highest BCUT2D eigenvalue weighted by molar-refractivity contribution is 5.91. The third-order valence-corrected chi connectivity index (χ3v) is 4.56. The number of urea groups is 1. The number of nitrogens with zero attached hydrogens (tertiary/aromatic N) is 2. The molecule has 1 aliphatic rings. The second-order valence-corrected chi connectivity index (χ2v) is 6.57. The molecule has 7 nitrogen and oxygen atoms in total. The number of carbonyl (C=O) groups is 2. The summed E-state index contributed by atoms with van der Waals surface area (Å²) in [5.41, 5.74) is 1.19. The number of nitrogens with one attached hydrogen (secondary N) is 2. The van der Waals surface area contributed by atoms with Crippen LogP contribution in [0.5, 0.6) is 0 Å². The summed E-state index contributed by atoms with van der Waals surface area (Å²) in [7, 11) is 0. The lowest BCUT2D eigenvalue weighted by Crippen LogP contribution is -2.52. The summed E-state index contributed by atoms with van der Waals surface area (Å²) in [6.45, 7) is 4.71. The van der Waals surface area contributed by atoms with E-state index in [1.54, 1.807) is 12.1 Å². The molecule has 1 saturated heterocycles. The van der Waals surface area contributed by atoms with Crippen LogP contribution in [0.3, 0.4) is 0 Å². The molecule has 0 radical (unpaired) electrons. The summed E-state index contributed by atoms with van der Waals surface area (Å²) in [4.78, 5) is 28.1. The van der Waals surface area contributed by atoms with Gasteiger partial charge in [0, 0.05) is 45.8 Å². The van der Waals surface area contributed by atoms with Crippen LogP contribution in [-0.2, 0) is 0 Å². The van der Waals surface area contributed by atoms with E-state index in [0.29, 0.717) is 26.2 Å². The Balaban J connectivity index is 1.29. The fourth-order valence-electron chi connectivity index (χ4n) is 2.99. The van der Waals surface area contributed by atoms with Crippen molar-refractivity contribution in [2.75, 3.05) is 45.8 Å². The predicted molar refractivity (Wildman–Crippen MR) is 108 cm³/mol. The lowest BCUT2D eigenvalue weighted by Gasteiger charge is -2.34. The summed E-state index contributed by atoms with van der Waals surface area (Å²) in [5.74, 6) is -0.0137. The molecule has 0 bridgehead atoms.